The summed E-state index contributed by atoms with van der Waals surface area (Å²) in [7, 11) is 1.90. The number of amides is 1. The maximum absolute atomic E-state index is 11.8. The van der Waals surface area contributed by atoms with E-state index in [9.17, 15) is 4.79 Å². The molecule has 0 aliphatic carbocycles. The first-order chi connectivity index (χ1) is 9.20. The van der Waals surface area contributed by atoms with Gasteiger partial charge in [-0.15, -0.1) is 0 Å². The number of carbonyl (C=O) groups is 1. The van der Waals surface area contributed by atoms with Gasteiger partial charge in [-0.05, 0) is 31.6 Å². The van der Waals surface area contributed by atoms with Crippen molar-refractivity contribution in [2.75, 3.05) is 20.1 Å². The molecule has 0 radical (unpaired) electrons. The quantitative estimate of drug-likeness (QED) is 0.823. The fraction of sp³-hybridized carbons (Fsp3) is 0.429. The van der Waals surface area contributed by atoms with Crippen LogP contribution in [0.2, 0.25) is 0 Å². The van der Waals surface area contributed by atoms with Gasteiger partial charge in [0.05, 0.1) is 6.42 Å². The first-order valence-electron chi connectivity index (χ1n) is 6.45. The fourth-order valence-corrected chi connectivity index (χ4v) is 1.99. The van der Waals surface area contributed by atoms with Gasteiger partial charge in [0.15, 0.2) is 5.58 Å². The lowest BCUT2D eigenvalue weighted by Crippen LogP contribution is -2.33. The summed E-state index contributed by atoms with van der Waals surface area (Å²) in [5, 5.41) is 10.8. The third kappa shape index (κ3) is 3.54. The van der Waals surface area contributed by atoms with E-state index in [0.717, 1.165) is 11.9 Å². The van der Waals surface area contributed by atoms with E-state index in [1.807, 2.05) is 31.3 Å². The van der Waals surface area contributed by atoms with Gasteiger partial charge in [-0.25, -0.2) is 0 Å². The molecule has 102 valence electrons. The molecule has 1 atom stereocenters. The predicted molar refractivity (Wildman–Crippen MR) is 73.8 cm³/mol. The smallest absolute Gasteiger partial charge is 0.226 e. The van der Waals surface area contributed by atoms with Crippen LogP contribution >= 0.6 is 0 Å². The molecule has 0 spiro atoms. The van der Waals surface area contributed by atoms with E-state index in [1.54, 1.807) is 0 Å². The van der Waals surface area contributed by atoms with Crippen LogP contribution in [0.15, 0.2) is 28.8 Å². The lowest BCUT2D eigenvalue weighted by Gasteiger charge is -2.11. The Hall–Kier alpha value is -1.88. The minimum Gasteiger partial charge on any atom is -0.356 e. The highest BCUT2D eigenvalue weighted by molar-refractivity contribution is 5.86. The van der Waals surface area contributed by atoms with Crippen LogP contribution in [0.1, 0.15) is 12.6 Å². The van der Waals surface area contributed by atoms with E-state index >= 15 is 0 Å². The van der Waals surface area contributed by atoms with E-state index in [-0.39, 0.29) is 12.3 Å². The molecule has 0 aliphatic rings. The number of carbonyl (C=O) groups excluding carboxylic acids is 1. The number of rotatable bonds is 6. The zero-order valence-electron chi connectivity index (χ0n) is 11.3. The molecule has 5 nitrogen and oxygen atoms in total. The molecule has 1 aromatic heterocycles. The van der Waals surface area contributed by atoms with Crippen LogP contribution in [-0.4, -0.2) is 31.2 Å². The maximum Gasteiger partial charge on any atom is 0.226 e. The summed E-state index contributed by atoms with van der Waals surface area (Å²) in [4.78, 5) is 11.8. The van der Waals surface area contributed by atoms with Crippen LogP contribution in [0, 0.1) is 5.92 Å². The van der Waals surface area contributed by atoms with Gasteiger partial charge in [-0.3, -0.25) is 4.79 Å². The van der Waals surface area contributed by atoms with Gasteiger partial charge in [-0.1, -0.05) is 24.2 Å². The number of hydrogen-bond donors (Lipinski definition) is 2. The van der Waals surface area contributed by atoms with Crippen LogP contribution in [-0.2, 0) is 11.2 Å². The van der Waals surface area contributed by atoms with Crippen LogP contribution in [0.25, 0.3) is 11.0 Å². The summed E-state index contributed by atoms with van der Waals surface area (Å²) in [5.74, 6) is 0.380. The second-order valence-electron chi connectivity index (χ2n) is 4.77. The molecule has 0 aliphatic heterocycles. The zero-order valence-corrected chi connectivity index (χ0v) is 11.3. The van der Waals surface area contributed by atoms with Crippen LogP contribution in [0.4, 0.5) is 0 Å². The number of para-hydroxylation sites is 1. The number of hydrogen-bond acceptors (Lipinski definition) is 4. The first kappa shape index (κ1) is 13.5. The molecule has 2 N–H and O–H groups in total. The Morgan fingerprint density at radius 1 is 1.37 bits per heavy atom. The molecule has 1 amide bonds. The molecule has 0 saturated carbocycles. The SMILES string of the molecule is CNCC(C)CNC(=O)Cc1noc2ccccc12. The summed E-state index contributed by atoms with van der Waals surface area (Å²) < 4.78 is 5.17. The number of benzene rings is 1. The molecule has 1 unspecified atom stereocenters. The van der Waals surface area contributed by atoms with Gasteiger partial charge in [-0.2, -0.15) is 0 Å². The average Bonchev–Trinajstić information content (AvgIpc) is 2.80. The largest absolute Gasteiger partial charge is 0.356 e. The van der Waals surface area contributed by atoms with Gasteiger partial charge in [0.2, 0.25) is 5.91 Å². The summed E-state index contributed by atoms with van der Waals surface area (Å²) in [6.45, 7) is 3.63. The van der Waals surface area contributed by atoms with Crippen molar-refractivity contribution in [2.24, 2.45) is 5.92 Å². The Morgan fingerprint density at radius 2 is 2.16 bits per heavy atom. The zero-order chi connectivity index (χ0) is 13.7. The Kier molecular flexibility index (Phi) is 4.52. The number of aromatic nitrogens is 1. The molecular formula is C14H19N3O2. The Balaban J connectivity index is 1.92. The molecule has 19 heavy (non-hydrogen) atoms. The summed E-state index contributed by atoms with van der Waals surface area (Å²) in [6.07, 6.45) is 0.253. The van der Waals surface area contributed by atoms with Crippen LogP contribution in [0.5, 0.6) is 0 Å². The molecule has 0 bridgehead atoms. The van der Waals surface area contributed by atoms with Gasteiger partial charge in [0, 0.05) is 11.9 Å². The average molecular weight is 261 g/mol. The Morgan fingerprint density at radius 3 is 2.95 bits per heavy atom. The lowest BCUT2D eigenvalue weighted by atomic mass is 10.1. The second kappa shape index (κ2) is 6.33. The van der Waals surface area contributed by atoms with Crippen molar-refractivity contribution in [3.63, 3.8) is 0 Å². The molecule has 0 saturated heterocycles. The van der Waals surface area contributed by atoms with E-state index < -0.39 is 0 Å². The fourth-order valence-electron chi connectivity index (χ4n) is 1.99. The monoisotopic (exact) mass is 261 g/mol. The molecule has 1 heterocycles. The third-order valence-electron chi connectivity index (χ3n) is 2.98. The van der Waals surface area contributed by atoms with Crippen molar-refractivity contribution in [3.8, 4) is 0 Å². The molecule has 0 fully saturated rings. The van der Waals surface area contributed by atoms with Crippen LogP contribution in [0.3, 0.4) is 0 Å². The first-order valence-corrected chi connectivity index (χ1v) is 6.45. The van der Waals surface area contributed by atoms with Crippen molar-refractivity contribution < 1.29 is 9.32 Å². The van der Waals surface area contributed by atoms with Crippen molar-refractivity contribution >= 4 is 16.9 Å². The topological polar surface area (TPSA) is 67.2 Å². The molecule has 5 heteroatoms. The number of nitrogens with one attached hydrogen (secondary N) is 2. The van der Waals surface area contributed by atoms with E-state index in [2.05, 4.69) is 22.7 Å². The van der Waals surface area contributed by atoms with Crippen molar-refractivity contribution in [3.05, 3.63) is 30.0 Å². The van der Waals surface area contributed by atoms with Gasteiger partial charge in [0.1, 0.15) is 5.69 Å². The highest BCUT2D eigenvalue weighted by atomic mass is 16.5. The molecular weight excluding hydrogens is 242 g/mol. The van der Waals surface area contributed by atoms with E-state index in [0.29, 0.717) is 23.7 Å². The number of fused-ring (bicyclic) bond motifs is 1. The summed E-state index contributed by atoms with van der Waals surface area (Å²) in [5.41, 5.74) is 1.41. The molecule has 2 rings (SSSR count). The predicted octanol–water partition coefficient (Wildman–Crippen LogP) is 1.34. The molecule has 2 aromatic rings. The Labute approximate surface area is 112 Å². The van der Waals surface area contributed by atoms with Gasteiger partial charge < -0.3 is 15.2 Å². The van der Waals surface area contributed by atoms with Gasteiger partial charge >= 0.3 is 0 Å². The van der Waals surface area contributed by atoms with Crippen LogP contribution < -0.4 is 10.6 Å². The Bertz CT molecular complexity index is 550. The highest BCUT2D eigenvalue weighted by Gasteiger charge is 2.12. The third-order valence-corrected chi connectivity index (χ3v) is 2.98. The summed E-state index contributed by atoms with van der Waals surface area (Å²) in [6, 6.07) is 7.56. The van der Waals surface area contributed by atoms with E-state index in [1.165, 1.54) is 0 Å². The lowest BCUT2D eigenvalue weighted by molar-refractivity contribution is -0.120. The normalized spacial score (nSPS) is 12.5. The minimum absolute atomic E-state index is 0.0259. The minimum atomic E-state index is -0.0259. The van der Waals surface area contributed by atoms with Crippen molar-refractivity contribution in [1.29, 1.82) is 0 Å². The standard InChI is InChI=1S/C14H19N3O2/c1-10(8-15-2)9-16-14(18)7-12-11-5-3-4-6-13(11)19-17-12/h3-6,10,15H,7-9H2,1-2H3,(H,16,18). The van der Waals surface area contributed by atoms with E-state index in [4.69, 9.17) is 4.52 Å². The maximum atomic E-state index is 11.8. The highest BCUT2D eigenvalue weighted by Crippen LogP contribution is 2.17. The summed E-state index contributed by atoms with van der Waals surface area (Å²) >= 11 is 0. The van der Waals surface area contributed by atoms with Crippen molar-refractivity contribution in [1.82, 2.24) is 15.8 Å². The number of nitrogens with zero attached hydrogens (tertiary/aromatic N) is 1. The van der Waals surface area contributed by atoms with Gasteiger partial charge in [0.25, 0.3) is 0 Å². The second-order valence-corrected chi connectivity index (χ2v) is 4.77. The molecule has 1 aromatic carbocycles. The van der Waals surface area contributed by atoms with Crippen molar-refractivity contribution in [2.45, 2.75) is 13.3 Å².